The Kier molecular flexibility index (Phi) is 10.3. The lowest BCUT2D eigenvalue weighted by molar-refractivity contribution is -0.128. The van der Waals surface area contributed by atoms with E-state index in [-0.39, 0.29) is 5.91 Å². The molecule has 4 heteroatoms. The average Bonchev–Trinajstić information content (AvgIpc) is 2.28. The van der Waals surface area contributed by atoms with Crippen molar-refractivity contribution in [1.82, 2.24) is 4.90 Å². The van der Waals surface area contributed by atoms with Gasteiger partial charge in [-0.15, -0.1) is 0 Å². The van der Waals surface area contributed by atoms with Crippen molar-refractivity contribution in [3.05, 3.63) is 0 Å². The van der Waals surface area contributed by atoms with Crippen molar-refractivity contribution in [2.24, 2.45) is 0 Å². The van der Waals surface area contributed by atoms with E-state index in [1.54, 1.807) is 11.8 Å². The molecule has 0 aliphatic carbocycles. The van der Waals surface area contributed by atoms with Gasteiger partial charge in [-0.3, -0.25) is 4.79 Å². The van der Waals surface area contributed by atoms with Gasteiger partial charge in [0.15, 0.2) is 0 Å². The highest BCUT2D eigenvalue weighted by Crippen LogP contribution is 2.07. The monoisotopic (exact) mass is 242 g/mol. The molecule has 3 nitrogen and oxygen atoms in total. The molecular weight excluding hydrogens is 220 g/mol. The van der Waals surface area contributed by atoms with Gasteiger partial charge in [-0.25, -0.2) is 0 Å². The first-order valence-corrected chi connectivity index (χ1v) is 7.14. The average molecular weight is 242 g/mol. The van der Waals surface area contributed by atoms with E-state index >= 15 is 0 Å². The largest absolute Gasteiger partial charge is 0.342 e. The first-order valence-electron chi connectivity index (χ1n) is 5.98. The molecule has 0 aliphatic heterocycles. The van der Waals surface area contributed by atoms with Crippen LogP contribution in [0.1, 0.15) is 39.5 Å². The Morgan fingerprint density at radius 2 is 1.94 bits per heavy atom. The Bertz CT molecular complexity index is 220. The van der Waals surface area contributed by atoms with Crippen LogP contribution in [0, 0.1) is 11.3 Å². The van der Waals surface area contributed by atoms with Crippen molar-refractivity contribution < 1.29 is 4.79 Å². The molecule has 0 rings (SSSR count). The summed E-state index contributed by atoms with van der Waals surface area (Å²) in [6, 6.07) is 2.11. The third-order valence-corrected chi connectivity index (χ3v) is 3.17. The van der Waals surface area contributed by atoms with E-state index in [0.717, 1.165) is 38.1 Å². The topological polar surface area (TPSA) is 44.1 Å². The number of carbonyl (C=O) groups excluding carboxylic acids is 1. The number of thioether (sulfide) groups is 1. The molecule has 92 valence electrons. The lowest BCUT2D eigenvalue weighted by Crippen LogP contribution is -2.33. The molecule has 0 saturated carbocycles. The number of amides is 1. The van der Waals surface area contributed by atoms with Gasteiger partial charge in [0.1, 0.15) is 0 Å². The van der Waals surface area contributed by atoms with Crippen molar-refractivity contribution in [2.45, 2.75) is 39.5 Å². The summed E-state index contributed by atoms with van der Waals surface area (Å²) in [5, 5.41) is 8.37. The fourth-order valence-electron chi connectivity index (χ4n) is 1.41. The predicted octanol–water partition coefficient (Wildman–Crippen LogP) is 2.67. The van der Waals surface area contributed by atoms with Crippen molar-refractivity contribution in [2.75, 3.05) is 24.6 Å². The van der Waals surface area contributed by atoms with Crippen molar-refractivity contribution in [3.63, 3.8) is 0 Å². The maximum absolute atomic E-state index is 11.8. The van der Waals surface area contributed by atoms with Gasteiger partial charge in [0.25, 0.3) is 0 Å². The smallest absolute Gasteiger partial charge is 0.232 e. The maximum atomic E-state index is 11.8. The van der Waals surface area contributed by atoms with Gasteiger partial charge < -0.3 is 4.90 Å². The number of hydrogen-bond donors (Lipinski definition) is 0. The van der Waals surface area contributed by atoms with E-state index in [1.807, 2.05) is 4.90 Å². The number of hydrogen-bond acceptors (Lipinski definition) is 3. The molecule has 1 amide bonds. The van der Waals surface area contributed by atoms with E-state index in [2.05, 4.69) is 19.9 Å². The first kappa shape index (κ1) is 15.3. The summed E-state index contributed by atoms with van der Waals surface area (Å²) in [4.78, 5) is 13.7. The lowest BCUT2D eigenvalue weighted by atomic mass is 10.3. The Labute approximate surface area is 103 Å². The molecule has 0 aromatic heterocycles. The molecule has 0 spiro atoms. The van der Waals surface area contributed by atoms with Crippen LogP contribution in [0.4, 0.5) is 0 Å². The van der Waals surface area contributed by atoms with Crippen LogP contribution in [0.25, 0.3) is 0 Å². The Morgan fingerprint density at radius 1 is 1.31 bits per heavy atom. The van der Waals surface area contributed by atoms with Crippen LogP contribution in [0.5, 0.6) is 0 Å². The second-order valence-electron chi connectivity index (χ2n) is 3.70. The summed E-state index contributed by atoms with van der Waals surface area (Å²) < 4.78 is 0. The van der Waals surface area contributed by atoms with Crippen LogP contribution in [-0.4, -0.2) is 35.4 Å². The standard InChI is InChI=1S/C12H22N2OS/c1-3-8-14(9-4-2)12(15)11-16-10-6-5-7-13/h3-6,8-11H2,1-2H3. The highest BCUT2D eigenvalue weighted by molar-refractivity contribution is 7.99. The summed E-state index contributed by atoms with van der Waals surface area (Å²) in [6.07, 6.45) is 3.51. The molecule has 0 aliphatic rings. The fraction of sp³-hybridized carbons (Fsp3) is 0.833. The number of rotatable bonds is 9. The number of carbonyl (C=O) groups is 1. The first-order chi connectivity index (χ1) is 7.76. The maximum Gasteiger partial charge on any atom is 0.232 e. The van der Waals surface area contributed by atoms with E-state index in [0.29, 0.717) is 12.2 Å². The molecule has 0 aromatic rings. The highest BCUT2D eigenvalue weighted by atomic mass is 32.2. The van der Waals surface area contributed by atoms with Gasteiger partial charge >= 0.3 is 0 Å². The van der Waals surface area contributed by atoms with Crippen LogP contribution < -0.4 is 0 Å². The molecule has 16 heavy (non-hydrogen) atoms. The number of nitriles is 1. The second kappa shape index (κ2) is 10.8. The van der Waals surface area contributed by atoms with Gasteiger partial charge in [-0.05, 0) is 25.0 Å². The van der Waals surface area contributed by atoms with Crippen molar-refractivity contribution in [1.29, 1.82) is 5.26 Å². The SMILES string of the molecule is CCCN(CCC)C(=O)CSCCCC#N. The van der Waals surface area contributed by atoms with Crippen LogP contribution in [0.15, 0.2) is 0 Å². The van der Waals surface area contributed by atoms with Crippen molar-refractivity contribution >= 4 is 17.7 Å². The summed E-state index contributed by atoms with van der Waals surface area (Å²) in [5.41, 5.74) is 0. The van der Waals surface area contributed by atoms with Crippen LogP contribution in [0.2, 0.25) is 0 Å². The number of nitrogens with zero attached hydrogens (tertiary/aromatic N) is 2. The summed E-state index contributed by atoms with van der Waals surface area (Å²) in [5.74, 6) is 1.71. The third-order valence-electron chi connectivity index (χ3n) is 2.14. The quantitative estimate of drug-likeness (QED) is 0.584. The van der Waals surface area contributed by atoms with Gasteiger partial charge in [-0.2, -0.15) is 17.0 Å². The zero-order valence-corrected chi connectivity index (χ0v) is 11.2. The van der Waals surface area contributed by atoms with Gasteiger partial charge in [-0.1, -0.05) is 13.8 Å². The summed E-state index contributed by atoms with van der Waals surface area (Å²) in [6.45, 7) is 5.92. The molecule has 0 bridgehead atoms. The fourth-order valence-corrected chi connectivity index (χ4v) is 2.26. The van der Waals surface area contributed by atoms with Crippen LogP contribution in [-0.2, 0) is 4.79 Å². The molecule has 0 heterocycles. The van der Waals surface area contributed by atoms with Crippen LogP contribution >= 0.6 is 11.8 Å². The molecule has 0 atom stereocenters. The van der Waals surface area contributed by atoms with Gasteiger partial charge in [0.05, 0.1) is 11.8 Å². The van der Waals surface area contributed by atoms with E-state index in [1.165, 1.54) is 0 Å². The van der Waals surface area contributed by atoms with E-state index < -0.39 is 0 Å². The van der Waals surface area contributed by atoms with Gasteiger partial charge in [0.2, 0.25) is 5.91 Å². The highest BCUT2D eigenvalue weighted by Gasteiger charge is 2.10. The molecule has 0 N–H and O–H groups in total. The third kappa shape index (κ3) is 7.58. The normalized spacial score (nSPS) is 9.81. The number of unbranched alkanes of at least 4 members (excludes halogenated alkanes) is 1. The van der Waals surface area contributed by atoms with Crippen molar-refractivity contribution in [3.8, 4) is 6.07 Å². The zero-order chi connectivity index (χ0) is 12.2. The Morgan fingerprint density at radius 3 is 2.44 bits per heavy atom. The summed E-state index contributed by atoms with van der Waals surface area (Å²) >= 11 is 1.64. The Balaban J connectivity index is 3.70. The second-order valence-corrected chi connectivity index (χ2v) is 4.80. The minimum atomic E-state index is 0.241. The molecule has 0 aromatic carbocycles. The Hall–Kier alpha value is -0.690. The lowest BCUT2D eigenvalue weighted by Gasteiger charge is -2.21. The molecule has 0 fully saturated rings. The minimum Gasteiger partial charge on any atom is -0.342 e. The summed E-state index contributed by atoms with van der Waals surface area (Å²) in [7, 11) is 0. The minimum absolute atomic E-state index is 0.241. The predicted molar refractivity (Wildman–Crippen MR) is 69.3 cm³/mol. The molecule has 0 saturated heterocycles. The van der Waals surface area contributed by atoms with E-state index in [4.69, 9.17) is 5.26 Å². The van der Waals surface area contributed by atoms with Gasteiger partial charge in [0, 0.05) is 19.5 Å². The molecule has 0 radical (unpaired) electrons. The zero-order valence-electron chi connectivity index (χ0n) is 10.4. The van der Waals surface area contributed by atoms with Crippen LogP contribution in [0.3, 0.4) is 0 Å². The van der Waals surface area contributed by atoms with E-state index in [9.17, 15) is 4.79 Å². The molecule has 0 unspecified atom stereocenters. The molecular formula is C12H22N2OS.